The van der Waals surface area contributed by atoms with Gasteiger partial charge in [-0.05, 0) is 62.1 Å². The van der Waals surface area contributed by atoms with Gasteiger partial charge in [0.25, 0.3) is 11.8 Å². The molecular formula is C24H28N2O4. The third-order valence-electron chi connectivity index (χ3n) is 5.66. The zero-order valence-corrected chi connectivity index (χ0v) is 17.3. The maximum absolute atomic E-state index is 12.9. The average molecular weight is 408 g/mol. The van der Waals surface area contributed by atoms with Gasteiger partial charge < -0.3 is 19.7 Å². The summed E-state index contributed by atoms with van der Waals surface area (Å²) in [5.74, 6) is 1.60. The molecule has 0 radical (unpaired) electrons. The lowest BCUT2D eigenvalue weighted by molar-refractivity contribution is 0.0630. The predicted molar refractivity (Wildman–Crippen MR) is 114 cm³/mol. The number of rotatable bonds is 7. The number of carbonyl (C=O) groups is 2. The Labute approximate surface area is 177 Å². The van der Waals surface area contributed by atoms with E-state index < -0.39 is 0 Å². The van der Waals surface area contributed by atoms with Crippen molar-refractivity contribution in [2.24, 2.45) is 5.92 Å². The van der Waals surface area contributed by atoms with E-state index >= 15 is 0 Å². The molecule has 1 heterocycles. The Morgan fingerprint density at radius 2 is 1.83 bits per heavy atom. The molecule has 1 saturated carbocycles. The number of nitrogens with zero attached hydrogens (tertiary/aromatic N) is 1. The number of methoxy groups -OCH3 is 1. The van der Waals surface area contributed by atoms with Gasteiger partial charge in [0.05, 0.1) is 19.3 Å². The lowest BCUT2D eigenvalue weighted by Gasteiger charge is -2.33. The summed E-state index contributed by atoms with van der Waals surface area (Å²) in [7, 11) is 1.58. The van der Waals surface area contributed by atoms with Gasteiger partial charge in [-0.2, -0.15) is 0 Å². The van der Waals surface area contributed by atoms with Crippen LogP contribution in [-0.2, 0) is 0 Å². The molecule has 2 aromatic carbocycles. The van der Waals surface area contributed by atoms with Gasteiger partial charge in [0.1, 0.15) is 11.5 Å². The minimum absolute atomic E-state index is 0.00294. The summed E-state index contributed by atoms with van der Waals surface area (Å²) in [6, 6.07) is 15.0. The number of benzene rings is 2. The van der Waals surface area contributed by atoms with Crippen molar-refractivity contribution >= 4 is 11.8 Å². The van der Waals surface area contributed by atoms with Gasteiger partial charge >= 0.3 is 0 Å². The Bertz CT molecular complexity index is 892. The third-order valence-corrected chi connectivity index (χ3v) is 5.66. The standard InChI is InChI=1S/C24H28N2O4/c1-29-22-7-3-2-6-21(22)24(28)26-14-4-5-17(15-26)16-30-20-12-8-18(9-13-20)23(27)25-19-10-11-19/h2-3,6-9,12-13,17,19H,4-5,10-11,14-16H2,1H3,(H,25,27)/t17-/m0/s1. The number of carbonyl (C=O) groups excluding carboxylic acids is 2. The van der Waals surface area contributed by atoms with Crippen LogP contribution in [0.4, 0.5) is 0 Å². The molecule has 30 heavy (non-hydrogen) atoms. The first-order valence-corrected chi connectivity index (χ1v) is 10.6. The molecule has 2 aliphatic rings. The molecule has 0 spiro atoms. The normalized spacial score (nSPS) is 18.6. The molecule has 6 nitrogen and oxygen atoms in total. The molecule has 1 saturated heterocycles. The highest BCUT2D eigenvalue weighted by molar-refractivity contribution is 5.97. The van der Waals surface area contributed by atoms with Crippen molar-refractivity contribution in [2.45, 2.75) is 31.7 Å². The fraction of sp³-hybridized carbons (Fsp3) is 0.417. The van der Waals surface area contributed by atoms with Crippen LogP contribution in [0, 0.1) is 5.92 Å². The largest absolute Gasteiger partial charge is 0.496 e. The summed E-state index contributed by atoms with van der Waals surface area (Å²) in [6.45, 7) is 1.96. The number of hydrogen-bond donors (Lipinski definition) is 1. The van der Waals surface area contributed by atoms with Crippen molar-refractivity contribution in [3.8, 4) is 11.5 Å². The van der Waals surface area contributed by atoms with E-state index in [9.17, 15) is 9.59 Å². The summed E-state index contributed by atoms with van der Waals surface area (Å²) >= 11 is 0. The Morgan fingerprint density at radius 1 is 1.07 bits per heavy atom. The lowest BCUT2D eigenvalue weighted by atomic mass is 9.98. The van der Waals surface area contributed by atoms with Crippen molar-refractivity contribution in [2.75, 3.05) is 26.8 Å². The zero-order chi connectivity index (χ0) is 20.9. The minimum Gasteiger partial charge on any atom is -0.496 e. The van der Waals surface area contributed by atoms with E-state index in [2.05, 4.69) is 5.32 Å². The SMILES string of the molecule is COc1ccccc1C(=O)N1CCC[C@H](COc2ccc(C(=O)NC3CC3)cc2)C1. The molecule has 0 bridgehead atoms. The van der Waals surface area contributed by atoms with E-state index in [0.717, 1.165) is 38.0 Å². The molecule has 0 unspecified atom stereocenters. The second kappa shape index (κ2) is 9.20. The van der Waals surface area contributed by atoms with E-state index in [1.807, 2.05) is 41.3 Å². The second-order valence-electron chi connectivity index (χ2n) is 8.04. The van der Waals surface area contributed by atoms with Gasteiger partial charge in [0, 0.05) is 30.6 Å². The van der Waals surface area contributed by atoms with Gasteiger partial charge in [-0.25, -0.2) is 0 Å². The Balaban J connectivity index is 1.30. The molecule has 158 valence electrons. The Morgan fingerprint density at radius 3 is 2.57 bits per heavy atom. The van der Waals surface area contributed by atoms with Crippen molar-refractivity contribution in [3.05, 3.63) is 59.7 Å². The summed E-state index contributed by atoms with van der Waals surface area (Å²) in [5.41, 5.74) is 1.25. The van der Waals surface area contributed by atoms with Crippen LogP contribution < -0.4 is 14.8 Å². The smallest absolute Gasteiger partial charge is 0.257 e. The Hall–Kier alpha value is -3.02. The quantitative estimate of drug-likeness (QED) is 0.761. The number of amides is 2. The van der Waals surface area contributed by atoms with Crippen molar-refractivity contribution < 1.29 is 19.1 Å². The van der Waals surface area contributed by atoms with Crippen LogP contribution >= 0.6 is 0 Å². The van der Waals surface area contributed by atoms with Crippen molar-refractivity contribution in [1.82, 2.24) is 10.2 Å². The fourth-order valence-corrected chi connectivity index (χ4v) is 3.79. The van der Waals surface area contributed by atoms with E-state index in [1.54, 1.807) is 19.2 Å². The molecule has 1 N–H and O–H groups in total. The highest BCUT2D eigenvalue weighted by Gasteiger charge is 2.27. The highest BCUT2D eigenvalue weighted by Crippen LogP contribution is 2.24. The number of para-hydroxylation sites is 1. The average Bonchev–Trinajstić information content (AvgIpc) is 3.61. The molecule has 6 heteroatoms. The summed E-state index contributed by atoms with van der Waals surface area (Å²) in [4.78, 5) is 26.9. The third kappa shape index (κ3) is 4.93. The van der Waals surface area contributed by atoms with Crippen molar-refractivity contribution in [1.29, 1.82) is 0 Å². The van der Waals surface area contributed by atoms with Crippen LogP contribution in [0.1, 0.15) is 46.4 Å². The number of ether oxygens (including phenoxy) is 2. The minimum atomic E-state index is -0.0261. The number of piperidine rings is 1. The van der Waals surface area contributed by atoms with E-state index in [-0.39, 0.29) is 17.7 Å². The van der Waals surface area contributed by atoms with Crippen LogP contribution in [0.3, 0.4) is 0 Å². The van der Waals surface area contributed by atoms with Crippen LogP contribution in [0.15, 0.2) is 48.5 Å². The van der Waals surface area contributed by atoms with Crippen LogP contribution in [0.25, 0.3) is 0 Å². The molecular weight excluding hydrogens is 380 g/mol. The van der Waals surface area contributed by atoms with Gasteiger partial charge in [0.2, 0.25) is 0 Å². The van der Waals surface area contributed by atoms with Gasteiger partial charge in [-0.3, -0.25) is 9.59 Å². The van der Waals surface area contributed by atoms with E-state index in [1.165, 1.54) is 0 Å². The van der Waals surface area contributed by atoms with E-state index in [4.69, 9.17) is 9.47 Å². The van der Waals surface area contributed by atoms with Gasteiger partial charge in [0.15, 0.2) is 0 Å². The lowest BCUT2D eigenvalue weighted by Crippen LogP contribution is -2.41. The maximum Gasteiger partial charge on any atom is 0.257 e. The topological polar surface area (TPSA) is 67.9 Å². The number of hydrogen-bond acceptors (Lipinski definition) is 4. The number of likely N-dealkylation sites (tertiary alicyclic amines) is 1. The molecule has 1 aliphatic heterocycles. The Kier molecular flexibility index (Phi) is 6.21. The highest BCUT2D eigenvalue weighted by atomic mass is 16.5. The molecule has 2 aromatic rings. The number of nitrogens with one attached hydrogen (secondary N) is 1. The van der Waals surface area contributed by atoms with Gasteiger partial charge in [-0.1, -0.05) is 12.1 Å². The van der Waals surface area contributed by atoms with Crippen molar-refractivity contribution in [3.63, 3.8) is 0 Å². The summed E-state index contributed by atoms with van der Waals surface area (Å²) in [5, 5.41) is 2.98. The molecule has 4 rings (SSSR count). The predicted octanol–water partition coefficient (Wildman–Crippen LogP) is 3.52. The monoisotopic (exact) mass is 408 g/mol. The fourth-order valence-electron chi connectivity index (χ4n) is 3.79. The summed E-state index contributed by atoms with van der Waals surface area (Å²) < 4.78 is 11.3. The van der Waals surface area contributed by atoms with Crippen LogP contribution in [0.2, 0.25) is 0 Å². The molecule has 1 aliphatic carbocycles. The maximum atomic E-state index is 12.9. The first kappa shape index (κ1) is 20.3. The molecule has 1 atom stereocenters. The van der Waals surface area contributed by atoms with Crippen LogP contribution in [-0.4, -0.2) is 49.6 Å². The summed E-state index contributed by atoms with van der Waals surface area (Å²) in [6.07, 6.45) is 4.13. The second-order valence-corrected chi connectivity index (χ2v) is 8.04. The molecule has 2 fully saturated rings. The van der Waals surface area contributed by atoms with E-state index in [0.29, 0.717) is 36.1 Å². The molecule has 2 amide bonds. The van der Waals surface area contributed by atoms with Crippen LogP contribution in [0.5, 0.6) is 11.5 Å². The van der Waals surface area contributed by atoms with Gasteiger partial charge in [-0.15, -0.1) is 0 Å². The zero-order valence-electron chi connectivity index (χ0n) is 17.3. The first-order chi connectivity index (χ1) is 14.6. The molecule has 0 aromatic heterocycles. The first-order valence-electron chi connectivity index (χ1n) is 10.6.